The highest BCUT2D eigenvalue weighted by molar-refractivity contribution is 6.10. The molecule has 5 heavy (non-hydrogen) atoms. The lowest BCUT2D eigenvalue weighted by Gasteiger charge is -1.58. The van der Waals surface area contributed by atoms with Gasteiger partial charge < -0.3 is 4.66 Å². The van der Waals surface area contributed by atoms with Crippen molar-refractivity contribution < 1.29 is 0 Å². The Morgan fingerprint density at radius 3 is 2.40 bits per heavy atom. The number of allylic oxidation sites excluding steroid dienone is 1. The van der Waals surface area contributed by atoms with Gasteiger partial charge in [0.05, 0.1) is 0 Å². The molecule has 0 aliphatic heterocycles. The van der Waals surface area contributed by atoms with E-state index in [1.807, 2.05) is 0 Å². The van der Waals surface area contributed by atoms with Gasteiger partial charge in [0.15, 0.2) is 0 Å². The largest absolute Gasteiger partial charge is 0.341 e. The van der Waals surface area contributed by atoms with Crippen molar-refractivity contribution in [3.63, 3.8) is 0 Å². The van der Waals surface area contributed by atoms with Crippen LogP contribution in [0.3, 0.4) is 0 Å². The molecular formula is C3H7NSi. The Balaban J connectivity index is 2.92. The summed E-state index contributed by atoms with van der Waals surface area (Å²) in [6, 6.07) is 0. The summed E-state index contributed by atoms with van der Waals surface area (Å²) in [5, 5.41) is 0. The second kappa shape index (κ2) is 3.63. The zero-order valence-electron chi connectivity index (χ0n) is 3.31. The summed E-state index contributed by atoms with van der Waals surface area (Å²) >= 11 is 0. The molecule has 0 aliphatic carbocycles. The van der Waals surface area contributed by atoms with E-state index < -0.39 is 0 Å². The predicted octanol–water partition coefficient (Wildman–Crippen LogP) is -0.476. The van der Waals surface area contributed by atoms with Crippen molar-refractivity contribution >= 4 is 16.6 Å². The normalized spacial score (nSPS) is 9.60. The molecule has 0 atom stereocenters. The van der Waals surface area contributed by atoms with Crippen molar-refractivity contribution in [2.45, 2.75) is 0 Å². The summed E-state index contributed by atoms with van der Waals surface area (Å²) in [4.78, 5) is 0. The Kier molecular flexibility index (Phi) is 3.36. The van der Waals surface area contributed by atoms with Crippen molar-refractivity contribution in [3.05, 3.63) is 12.7 Å². The molecule has 0 radical (unpaired) electrons. The third kappa shape index (κ3) is 3.63. The highest BCUT2D eigenvalue weighted by atomic mass is 28.2. The van der Waals surface area contributed by atoms with Crippen LogP contribution >= 0.6 is 0 Å². The lowest BCUT2D eigenvalue weighted by Crippen LogP contribution is -1.55. The van der Waals surface area contributed by atoms with Crippen molar-refractivity contribution in [2.24, 2.45) is 4.66 Å². The maximum atomic E-state index is 3.75. The van der Waals surface area contributed by atoms with E-state index in [0.29, 0.717) is 0 Å². The van der Waals surface area contributed by atoms with Gasteiger partial charge in [-0.15, -0.1) is 0 Å². The highest BCUT2D eigenvalue weighted by Crippen LogP contribution is 1.47. The van der Waals surface area contributed by atoms with Crippen LogP contribution < -0.4 is 0 Å². The Bertz CT molecular complexity index is 48.9. The first kappa shape index (κ1) is 4.63. The third-order valence-corrected chi connectivity index (χ3v) is 0.553. The number of nitrogens with zero attached hydrogens (tertiary/aromatic N) is 1. The highest BCUT2D eigenvalue weighted by Gasteiger charge is 1.41. The van der Waals surface area contributed by atoms with Gasteiger partial charge >= 0.3 is 0 Å². The van der Waals surface area contributed by atoms with Crippen molar-refractivity contribution in [2.75, 3.05) is 0 Å². The molecule has 0 heterocycles. The number of rotatable bonds is 1. The number of hydrogen-bond donors (Lipinski definition) is 0. The first-order valence-corrected chi connectivity index (χ1v) is 2.34. The predicted molar refractivity (Wildman–Crippen MR) is 28.6 cm³/mol. The fraction of sp³-hybridized carbons (Fsp3) is 0. The summed E-state index contributed by atoms with van der Waals surface area (Å²) in [6.45, 7) is 3.42. The van der Waals surface area contributed by atoms with E-state index in [9.17, 15) is 0 Å². The molecule has 0 saturated carbocycles. The zero-order chi connectivity index (χ0) is 4.12. The van der Waals surface area contributed by atoms with Crippen LogP contribution in [0.15, 0.2) is 17.3 Å². The molecular weight excluding hydrogens is 78.1 g/mol. The smallest absolute Gasteiger partial charge is 0.134 e. The van der Waals surface area contributed by atoms with E-state index in [2.05, 4.69) is 11.2 Å². The second-order valence-electron chi connectivity index (χ2n) is 0.643. The van der Waals surface area contributed by atoms with E-state index in [1.165, 1.54) is 0 Å². The van der Waals surface area contributed by atoms with Crippen LogP contribution in [0.25, 0.3) is 0 Å². The molecule has 0 spiro atoms. The lowest BCUT2D eigenvalue weighted by atomic mass is 10.7. The lowest BCUT2D eigenvalue weighted by molar-refractivity contribution is 1.94. The van der Waals surface area contributed by atoms with Crippen molar-refractivity contribution in [3.8, 4) is 0 Å². The fourth-order valence-corrected chi connectivity index (χ4v) is 0.316. The Morgan fingerprint density at radius 2 is 2.40 bits per heavy atom. The van der Waals surface area contributed by atoms with Crippen LogP contribution in [0.1, 0.15) is 0 Å². The quantitative estimate of drug-likeness (QED) is 0.301. The maximum Gasteiger partial charge on any atom is 0.134 e. The molecule has 2 heteroatoms. The van der Waals surface area contributed by atoms with E-state index >= 15 is 0 Å². The molecule has 0 aromatic heterocycles. The zero-order valence-corrected chi connectivity index (χ0v) is 5.31. The van der Waals surface area contributed by atoms with Crippen molar-refractivity contribution in [1.82, 2.24) is 0 Å². The molecule has 1 nitrogen and oxygen atoms in total. The van der Waals surface area contributed by atoms with Crippen LogP contribution in [0, 0.1) is 0 Å². The van der Waals surface area contributed by atoms with Gasteiger partial charge in [-0.2, -0.15) is 0 Å². The Hall–Kier alpha value is -0.373. The van der Waals surface area contributed by atoms with Crippen molar-refractivity contribution in [1.29, 1.82) is 0 Å². The molecule has 28 valence electrons. The van der Waals surface area contributed by atoms with Crippen LogP contribution in [-0.4, -0.2) is 16.6 Å². The molecule has 0 aromatic carbocycles. The molecule has 0 unspecified atom stereocenters. The second-order valence-corrected chi connectivity index (χ2v) is 1.16. The monoisotopic (exact) mass is 85.0 g/mol. The maximum absolute atomic E-state index is 3.75. The fourth-order valence-electron chi connectivity index (χ4n) is 0.105. The Morgan fingerprint density at radius 1 is 1.80 bits per heavy atom. The molecule has 0 aliphatic rings. The average Bonchev–Trinajstić information content (AvgIpc) is 1.41. The molecule has 0 rings (SSSR count). The van der Waals surface area contributed by atoms with E-state index in [4.69, 9.17) is 0 Å². The van der Waals surface area contributed by atoms with E-state index in [1.54, 1.807) is 12.3 Å². The average molecular weight is 85.2 g/mol. The first-order valence-electron chi connectivity index (χ1n) is 1.45. The summed E-state index contributed by atoms with van der Waals surface area (Å²) < 4.78 is 3.75. The van der Waals surface area contributed by atoms with Gasteiger partial charge in [-0.1, -0.05) is 12.7 Å². The van der Waals surface area contributed by atoms with Gasteiger partial charge in [0, 0.05) is 6.21 Å². The summed E-state index contributed by atoms with van der Waals surface area (Å²) in [5.41, 5.74) is 0. The topological polar surface area (TPSA) is 12.4 Å². The minimum Gasteiger partial charge on any atom is -0.341 e. The third-order valence-electron chi connectivity index (χ3n) is 0.254. The summed E-state index contributed by atoms with van der Waals surface area (Å²) in [7, 11) is 0.897. The van der Waals surface area contributed by atoms with Crippen LogP contribution in [0.4, 0.5) is 0 Å². The molecule has 0 aromatic rings. The van der Waals surface area contributed by atoms with Crippen LogP contribution in [-0.2, 0) is 0 Å². The minimum absolute atomic E-state index is 0.897. The Labute approximate surface area is 34.9 Å². The number of hydrogen-bond acceptors (Lipinski definition) is 1. The van der Waals surface area contributed by atoms with E-state index in [0.717, 1.165) is 10.4 Å². The van der Waals surface area contributed by atoms with Gasteiger partial charge in [0.1, 0.15) is 10.4 Å². The van der Waals surface area contributed by atoms with Crippen LogP contribution in [0.2, 0.25) is 0 Å². The minimum atomic E-state index is 0.897. The van der Waals surface area contributed by atoms with Gasteiger partial charge in [-0.3, -0.25) is 0 Å². The van der Waals surface area contributed by atoms with Gasteiger partial charge in [-0.05, 0) is 0 Å². The first-order chi connectivity index (χ1) is 2.41. The molecule has 0 amide bonds. The SMILES string of the molecule is C=CC=N[SiH3]. The summed E-state index contributed by atoms with van der Waals surface area (Å²) in [6.07, 6.45) is 3.37. The molecule has 0 fully saturated rings. The molecule has 0 saturated heterocycles. The molecule has 0 bridgehead atoms. The van der Waals surface area contributed by atoms with Crippen LogP contribution in [0.5, 0.6) is 0 Å². The van der Waals surface area contributed by atoms with E-state index in [-0.39, 0.29) is 0 Å². The van der Waals surface area contributed by atoms with Gasteiger partial charge in [0.25, 0.3) is 0 Å². The van der Waals surface area contributed by atoms with Gasteiger partial charge in [0.2, 0.25) is 0 Å². The molecule has 0 N–H and O–H groups in total. The summed E-state index contributed by atoms with van der Waals surface area (Å²) in [5.74, 6) is 0. The van der Waals surface area contributed by atoms with Gasteiger partial charge in [-0.25, -0.2) is 0 Å². The standard InChI is InChI=1S/C3H7NSi/c1-2-3-4-5/h2-3H,1H2,5H3.